The molecule has 0 radical (unpaired) electrons. The zero-order chi connectivity index (χ0) is 11.3. The molecule has 4 heteroatoms. The lowest BCUT2D eigenvalue weighted by molar-refractivity contribution is 1.22. The van der Waals surface area contributed by atoms with Gasteiger partial charge in [-0.05, 0) is 35.0 Å². The molecule has 0 aliphatic heterocycles. The Kier molecular flexibility index (Phi) is 1.94. The molecule has 3 aromatic rings. The average Bonchev–Trinajstić information content (AvgIpc) is 2.59. The van der Waals surface area contributed by atoms with Crippen LogP contribution in [0, 0.1) is 6.92 Å². The van der Waals surface area contributed by atoms with Gasteiger partial charge >= 0.3 is 0 Å². The van der Waals surface area contributed by atoms with Crippen molar-refractivity contribution >= 4 is 37.7 Å². The highest BCUT2D eigenvalue weighted by atomic mass is 79.9. The Balaban J connectivity index is 2.61. The van der Waals surface area contributed by atoms with Crippen LogP contribution in [0.25, 0.3) is 21.8 Å². The number of nitrogens with one attached hydrogen (secondary N) is 2. The number of fused-ring (bicyclic) bond motifs is 3. The summed E-state index contributed by atoms with van der Waals surface area (Å²) in [5, 5.41) is 2.20. The molecule has 0 bridgehead atoms. The van der Waals surface area contributed by atoms with Crippen LogP contribution in [0.1, 0.15) is 5.69 Å². The SMILES string of the molecule is Cc1[nH]ccc2c1[nH]c1cc(=O)c(Br)cc12. The van der Waals surface area contributed by atoms with Crippen LogP contribution in [0.5, 0.6) is 0 Å². The Morgan fingerprint density at radius 1 is 1.25 bits per heavy atom. The minimum Gasteiger partial charge on any atom is -0.364 e. The zero-order valence-electron chi connectivity index (χ0n) is 8.60. The third-order valence-electron chi connectivity index (χ3n) is 2.82. The maximum Gasteiger partial charge on any atom is 0.194 e. The van der Waals surface area contributed by atoms with E-state index in [2.05, 4.69) is 25.9 Å². The lowest BCUT2D eigenvalue weighted by Gasteiger charge is -1.95. The van der Waals surface area contributed by atoms with Crippen LogP contribution in [0.4, 0.5) is 0 Å². The van der Waals surface area contributed by atoms with Crippen molar-refractivity contribution in [2.45, 2.75) is 6.92 Å². The molecule has 0 aliphatic carbocycles. The highest BCUT2D eigenvalue weighted by molar-refractivity contribution is 9.10. The fraction of sp³-hybridized carbons (Fsp3) is 0.0833. The number of aromatic nitrogens is 2. The van der Waals surface area contributed by atoms with Gasteiger partial charge in [0, 0.05) is 28.7 Å². The van der Waals surface area contributed by atoms with Crippen molar-refractivity contribution in [3.63, 3.8) is 0 Å². The first-order chi connectivity index (χ1) is 7.66. The van der Waals surface area contributed by atoms with Gasteiger partial charge in [-0.1, -0.05) is 0 Å². The first-order valence-electron chi connectivity index (χ1n) is 4.96. The van der Waals surface area contributed by atoms with Gasteiger partial charge < -0.3 is 9.97 Å². The molecule has 80 valence electrons. The number of rotatable bonds is 0. The van der Waals surface area contributed by atoms with Gasteiger partial charge in [0.2, 0.25) is 0 Å². The third kappa shape index (κ3) is 1.23. The van der Waals surface area contributed by atoms with E-state index in [1.54, 1.807) is 6.07 Å². The van der Waals surface area contributed by atoms with Crippen LogP contribution >= 0.6 is 15.9 Å². The summed E-state index contributed by atoms with van der Waals surface area (Å²) < 4.78 is 0.603. The number of halogens is 1. The van der Waals surface area contributed by atoms with Crippen LogP contribution in [0.15, 0.2) is 33.7 Å². The second kappa shape index (κ2) is 3.22. The molecule has 0 amide bonds. The van der Waals surface area contributed by atoms with Crippen molar-refractivity contribution in [3.8, 4) is 0 Å². The molecular formula is C12H9BrN2O. The summed E-state index contributed by atoms with van der Waals surface area (Å²) in [5.41, 5.74) is 3.00. The predicted octanol–water partition coefficient (Wildman–Crippen LogP) is 3.08. The molecule has 3 rings (SSSR count). The molecule has 0 spiro atoms. The fourth-order valence-corrected chi connectivity index (χ4v) is 2.35. The normalized spacial score (nSPS) is 11.4. The maximum atomic E-state index is 11.5. The molecule has 2 N–H and O–H groups in total. The largest absolute Gasteiger partial charge is 0.364 e. The second-order valence-corrected chi connectivity index (χ2v) is 4.70. The Hall–Kier alpha value is -1.55. The van der Waals surface area contributed by atoms with Gasteiger partial charge in [-0.25, -0.2) is 0 Å². The topological polar surface area (TPSA) is 48.6 Å². The van der Waals surface area contributed by atoms with E-state index >= 15 is 0 Å². The molecule has 0 saturated heterocycles. The average molecular weight is 277 g/mol. The molecule has 2 aromatic heterocycles. The highest BCUT2D eigenvalue weighted by Crippen LogP contribution is 2.26. The van der Waals surface area contributed by atoms with E-state index in [-0.39, 0.29) is 5.43 Å². The Morgan fingerprint density at radius 2 is 2.06 bits per heavy atom. The van der Waals surface area contributed by atoms with E-state index in [1.165, 1.54) is 0 Å². The summed E-state index contributed by atoms with van der Waals surface area (Å²) >= 11 is 3.27. The summed E-state index contributed by atoms with van der Waals surface area (Å²) in [6.07, 6.45) is 1.91. The zero-order valence-corrected chi connectivity index (χ0v) is 10.2. The Morgan fingerprint density at radius 3 is 2.88 bits per heavy atom. The molecule has 3 nitrogen and oxygen atoms in total. The van der Waals surface area contributed by atoms with Crippen molar-refractivity contribution in [2.24, 2.45) is 0 Å². The van der Waals surface area contributed by atoms with E-state index in [9.17, 15) is 4.79 Å². The van der Waals surface area contributed by atoms with Crippen molar-refractivity contribution in [1.82, 2.24) is 9.97 Å². The van der Waals surface area contributed by atoms with E-state index in [0.717, 1.165) is 27.5 Å². The molecule has 0 fully saturated rings. The number of hydrogen-bond donors (Lipinski definition) is 2. The summed E-state index contributed by atoms with van der Waals surface area (Å²) in [6.45, 7) is 2.00. The minimum atomic E-state index is 0.000638. The Bertz CT molecular complexity index is 755. The summed E-state index contributed by atoms with van der Waals surface area (Å²) in [6, 6.07) is 5.51. The lowest BCUT2D eigenvalue weighted by Crippen LogP contribution is -1.97. The molecule has 1 aromatic carbocycles. The van der Waals surface area contributed by atoms with E-state index in [0.29, 0.717) is 4.47 Å². The van der Waals surface area contributed by atoms with E-state index < -0.39 is 0 Å². The van der Waals surface area contributed by atoms with Crippen LogP contribution in [0.3, 0.4) is 0 Å². The Labute approximate surface area is 99.6 Å². The molecular weight excluding hydrogens is 268 g/mol. The highest BCUT2D eigenvalue weighted by Gasteiger charge is 2.08. The second-order valence-electron chi connectivity index (χ2n) is 3.84. The molecule has 0 aliphatic rings. The van der Waals surface area contributed by atoms with Crippen molar-refractivity contribution in [3.05, 3.63) is 44.8 Å². The number of hydrogen-bond acceptors (Lipinski definition) is 1. The van der Waals surface area contributed by atoms with E-state index in [4.69, 9.17) is 0 Å². The third-order valence-corrected chi connectivity index (χ3v) is 3.44. The maximum absolute atomic E-state index is 11.5. The van der Waals surface area contributed by atoms with Gasteiger partial charge in [-0.15, -0.1) is 0 Å². The first kappa shape index (κ1) is 9.66. The number of H-pyrrole nitrogens is 2. The predicted molar refractivity (Wildman–Crippen MR) is 68.9 cm³/mol. The standard InChI is InChI=1S/C12H9BrN2O/c1-6-12-7(2-3-14-6)8-4-9(13)11(16)5-10(8)15-12/h2-5,14-15H,1H3. The van der Waals surface area contributed by atoms with Crippen LogP contribution in [-0.2, 0) is 0 Å². The number of aryl methyl sites for hydroxylation is 1. The van der Waals surface area contributed by atoms with Crippen LogP contribution < -0.4 is 5.43 Å². The molecule has 2 heterocycles. The smallest absolute Gasteiger partial charge is 0.194 e. The van der Waals surface area contributed by atoms with Crippen molar-refractivity contribution < 1.29 is 0 Å². The quantitative estimate of drug-likeness (QED) is 0.651. The van der Waals surface area contributed by atoms with Crippen molar-refractivity contribution in [1.29, 1.82) is 0 Å². The minimum absolute atomic E-state index is 0.000638. The van der Waals surface area contributed by atoms with E-state index in [1.807, 2.05) is 25.3 Å². The van der Waals surface area contributed by atoms with Gasteiger partial charge in [-0.2, -0.15) is 0 Å². The lowest BCUT2D eigenvalue weighted by atomic mass is 10.2. The summed E-state index contributed by atoms with van der Waals surface area (Å²) in [4.78, 5) is 17.9. The van der Waals surface area contributed by atoms with Crippen LogP contribution in [0.2, 0.25) is 0 Å². The number of pyridine rings is 1. The number of benzene rings is 1. The van der Waals surface area contributed by atoms with Gasteiger partial charge in [0.1, 0.15) is 0 Å². The van der Waals surface area contributed by atoms with Gasteiger partial charge in [0.15, 0.2) is 5.43 Å². The molecule has 0 saturated carbocycles. The fourth-order valence-electron chi connectivity index (χ4n) is 2.01. The molecule has 0 unspecified atom stereocenters. The van der Waals surface area contributed by atoms with Gasteiger partial charge in [-0.3, -0.25) is 4.79 Å². The number of aromatic amines is 2. The monoisotopic (exact) mass is 276 g/mol. The summed E-state index contributed by atoms with van der Waals surface area (Å²) in [7, 11) is 0. The van der Waals surface area contributed by atoms with Gasteiger partial charge in [0.25, 0.3) is 0 Å². The molecule has 0 atom stereocenters. The molecule has 16 heavy (non-hydrogen) atoms. The van der Waals surface area contributed by atoms with Gasteiger partial charge in [0.05, 0.1) is 15.5 Å². The summed E-state index contributed by atoms with van der Waals surface area (Å²) in [5.74, 6) is 0. The van der Waals surface area contributed by atoms with Crippen LogP contribution in [-0.4, -0.2) is 9.97 Å². The van der Waals surface area contributed by atoms with Crippen molar-refractivity contribution in [2.75, 3.05) is 0 Å². The first-order valence-corrected chi connectivity index (χ1v) is 5.75.